The van der Waals surface area contributed by atoms with Crippen molar-refractivity contribution in [2.75, 3.05) is 7.05 Å². The number of nitrogens with zero attached hydrogens (tertiary/aromatic N) is 4. The van der Waals surface area contributed by atoms with Gasteiger partial charge in [-0.2, -0.15) is 5.10 Å². The number of fused-ring (bicyclic) bond motifs is 1. The molecule has 5 nitrogen and oxygen atoms in total. The monoisotopic (exact) mass is 376 g/mol. The highest BCUT2D eigenvalue weighted by atomic mass is 16.2. The normalized spacial score (nSPS) is 19.7. The zero-order valence-electron chi connectivity index (χ0n) is 16.9. The number of carbonyl (C=O) groups excluding carboxylic acids is 1. The highest BCUT2D eigenvalue weighted by molar-refractivity contribution is 6.06. The first-order valence-corrected chi connectivity index (χ1v) is 10.3. The molecule has 0 aliphatic heterocycles. The van der Waals surface area contributed by atoms with Crippen LogP contribution in [0.5, 0.6) is 0 Å². The standard InChI is InChI=1S/C23H28N4O/c1-4-27-22-20(15-24-27)19(14-21(25-22)17-8-6-5-7-9-17)23(28)26(3)18-12-10-16(2)11-13-18/h5-9,14-16,18H,4,10-13H2,1-3H3. The van der Waals surface area contributed by atoms with Gasteiger partial charge in [0.15, 0.2) is 5.65 Å². The van der Waals surface area contributed by atoms with E-state index >= 15 is 0 Å². The smallest absolute Gasteiger partial charge is 0.254 e. The predicted octanol–water partition coefficient (Wildman–Crippen LogP) is 4.77. The first kappa shape index (κ1) is 18.7. The summed E-state index contributed by atoms with van der Waals surface area (Å²) in [5.41, 5.74) is 3.30. The fourth-order valence-corrected chi connectivity index (χ4v) is 4.20. The Labute approximate surface area is 166 Å². The van der Waals surface area contributed by atoms with E-state index in [1.807, 2.05) is 60.0 Å². The van der Waals surface area contributed by atoms with E-state index in [2.05, 4.69) is 12.0 Å². The Balaban J connectivity index is 1.76. The summed E-state index contributed by atoms with van der Waals surface area (Å²) in [6.07, 6.45) is 6.33. The molecular weight excluding hydrogens is 348 g/mol. The Hall–Kier alpha value is -2.69. The zero-order valence-corrected chi connectivity index (χ0v) is 16.9. The molecule has 1 fully saturated rings. The van der Waals surface area contributed by atoms with Gasteiger partial charge in [-0.25, -0.2) is 9.67 Å². The summed E-state index contributed by atoms with van der Waals surface area (Å²) in [6.45, 7) is 5.06. The minimum atomic E-state index is 0.0692. The van der Waals surface area contributed by atoms with Crippen LogP contribution >= 0.6 is 0 Å². The minimum absolute atomic E-state index is 0.0692. The zero-order chi connectivity index (χ0) is 19.7. The third-order valence-electron chi connectivity index (χ3n) is 6.06. The Kier molecular flexibility index (Phi) is 5.16. The summed E-state index contributed by atoms with van der Waals surface area (Å²) >= 11 is 0. The van der Waals surface area contributed by atoms with Crippen molar-refractivity contribution < 1.29 is 4.79 Å². The molecule has 1 aliphatic rings. The maximum atomic E-state index is 13.5. The van der Waals surface area contributed by atoms with Crippen molar-refractivity contribution in [3.8, 4) is 11.3 Å². The van der Waals surface area contributed by atoms with E-state index in [0.717, 1.165) is 47.6 Å². The van der Waals surface area contributed by atoms with Crippen molar-refractivity contribution in [1.82, 2.24) is 19.7 Å². The molecule has 1 aromatic carbocycles. The average molecular weight is 377 g/mol. The molecule has 2 heterocycles. The fourth-order valence-electron chi connectivity index (χ4n) is 4.20. The van der Waals surface area contributed by atoms with Gasteiger partial charge in [-0.1, -0.05) is 37.3 Å². The number of hydrogen-bond donors (Lipinski definition) is 0. The van der Waals surface area contributed by atoms with Gasteiger partial charge in [0, 0.05) is 25.2 Å². The lowest BCUT2D eigenvalue weighted by Gasteiger charge is -2.33. The molecule has 0 saturated heterocycles. The molecule has 4 rings (SSSR count). The van der Waals surface area contributed by atoms with E-state index in [1.54, 1.807) is 6.20 Å². The number of pyridine rings is 1. The molecule has 1 amide bonds. The van der Waals surface area contributed by atoms with Gasteiger partial charge in [-0.3, -0.25) is 4.79 Å². The van der Waals surface area contributed by atoms with Crippen LogP contribution < -0.4 is 0 Å². The quantitative estimate of drug-likeness (QED) is 0.659. The summed E-state index contributed by atoms with van der Waals surface area (Å²) < 4.78 is 1.86. The Morgan fingerprint density at radius 1 is 1.18 bits per heavy atom. The van der Waals surface area contributed by atoms with Crippen LogP contribution in [0.4, 0.5) is 0 Å². The largest absolute Gasteiger partial charge is 0.339 e. The van der Waals surface area contributed by atoms with Gasteiger partial charge in [-0.15, -0.1) is 0 Å². The van der Waals surface area contributed by atoms with Gasteiger partial charge >= 0.3 is 0 Å². The third kappa shape index (κ3) is 3.41. The molecular formula is C23H28N4O. The number of carbonyl (C=O) groups is 1. The van der Waals surface area contributed by atoms with Crippen LogP contribution in [-0.2, 0) is 6.54 Å². The van der Waals surface area contributed by atoms with Gasteiger partial charge in [0.05, 0.1) is 22.8 Å². The molecule has 2 aromatic heterocycles. The van der Waals surface area contributed by atoms with Crippen LogP contribution in [0.3, 0.4) is 0 Å². The molecule has 1 aliphatic carbocycles. The van der Waals surface area contributed by atoms with Crippen molar-refractivity contribution >= 4 is 16.9 Å². The minimum Gasteiger partial charge on any atom is -0.339 e. The van der Waals surface area contributed by atoms with Crippen molar-refractivity contribution in [2.45, 2.75) is 52.1 Å². The average Bonchev–Trinajstić information content (AvgIpc) is 3.16. The van der Waals surface area contributed by atoms with Crippen molar-refractivity contribution in [3.05, 3.63) is 48.2 Å². The van der Waals surface area contributed by atoms with Crippen molar-refractivity contribution in [1.29, 1.82) is 0 Å². The maximum Gasteiger partial charge on any atom is 0.254 e. The molecule has 28 heavy (non-hydrogen) atoms. The Morgan fingerprint density at radius 3 is 2.57 bits per heavy atom. The van der Waals surface area contributed by atoms with Gasteiger partial charge in [0.1, 0.15) is 0 Å². The highest BCUT2D eigenvalue weighted by Crippen LogP contribution is 2.30. The van der Waals surface area contributed by atoms with Crippen LogP contribution in [0.2, 0.25) is 0 Å². The van der Waals surface area contributed by atoms with Gasteiger partial charge < -0.3 is 4.90 Å². The molecule has 3 aromatic rings. The van der Waals surface area contributed by atoms with E-state index in [9.17, 15) is 4.79 Å². The summed E-state index contributed by atoms with van der Waals surface area (Å²) in [4.78, 5) is 20.3. The van der Waals surface area contributed by atoms with E-state index in [-0.39, 0.29) is 5.91 Å². The van der Waals surface area contributed by atoms with Crippen LogP contribution in [0, 0.1) is 5.92 Å². The summed E-state index contributed by atoms with van der Waals surface area (Å²) in [5.74, 6) is 0.833. The van der Waals surface area contributed by atoms with Crippen LogP contribution in [0.15, 0.2) is 42.6 Å². The van der Waals surface area contributed by atoms with Crippen LogP contribution in [0.25, 0.3) is 22.3 Å². The highest BCUT2D eigenvalue weighted by Gasteiger charge is 2.27. The third-order valence-corrected chi connectivity index (χ3v) is 6.06. The number of aromatic nitrogens is 3. The fraction of sp³-hybridized carbons (Fsp3) is 0.435. The maximum absolute atomic E-state index is 13.5. The molecule has 0 atom stereocenters. The Bertz CT molecular complexity index is 971. The van der Waals surface area contributed by atoms with E-state index in [0.29, 0.717) is 11.6 Å². The van der Waals surface area contributed by atoms with Gasteiger partial charge in [0.2, 0.25) is 0 Å². The lowest BCUT2D eigenvalue weighted by molar-refractivity contribution is 0.0681. The number of aryl methyl sites for hydroxylation is 1. The second-order valence-corrected chi connectivity index (χ2v) is 7.95. The molecule has 0 unspecified atom stereocenters. The van der Waals surface area contributed by atoms with Crippen molar-refractivity contribution in [2.24, 2.45) is 5.92 Å². The Morgan fingerprint density at radius 2 is 1.89 bits per heavy atom. The molecule has 146 valence electrons. The second-order valence-electron chi connectivity index (χ2n) is 7.95. The topological polar surface area (TPSA) is 51.0 Å². The number of hydrogen-bond acceptors (Lipinski definition) is 3. The van der Waals surface area contributed by atoms with E-state index < -0.39 is 0 Å². The summed E-state index contributed by atoms with van der Waals surface area (Å²) in [7, 11) is 1.95. The summed E-state index contributed by atoms with van der Waals surface area (Å²) in [5, 5.41) is 5.29. The summed E-state index contributed by atoms with van der Waals surface area (Å²) in [6, 6.07) is 12.3. The van der Waals surface area contributed by atoms with Crippen LogP contribution in [-0.4, -0.2) is 38.7 Å². The van der Waals surface area contributed by atoms with Gasteiger partial charge in [0.25, 0.3) is 5.91 Å². The predicted molar refractivity (Wildman–Crippen MR) is 112 cm³/mol. The molecule has 0 N–H and O–H groups in total. The molecule has 0 spiro atoms. The molecule has 0 radical (unpaired) electrons. The lowest BCUT2D eigenvalue weighted by Crippen LogP contribution is -2.39. The number of benzene rings is 1. The first-order chi connectivity index (χ1) is 13.6. The number of rotatable bonds is 4. The van der Waals surface area contributed by atoms with Gasteiger partial charge in [-0.05, 0) is 44.6 Å². The lowest BCUT2D eigenvalue weighted by atomic mass is 9.86. The van der Waals surface area contributed by atoms with E-state index in [1.165, 1.54) is 12.8 Å². The SMILES string of the molecule is CCn1ncc2c(C(=O)N(C)C3CCC(C)CC3)cc(-c3ccccc3)nc21. The molecule has 5 heteroatoms. The van der Waals surface area contributed by atoms with E-state index in [4.69, 9.17) is 4.98 Å². The molecule has 0 bridgehead atoms. The number of amides is 1. The van der Waals surface area contributed by atoms with Crippen molar-refractivity contribution in [3.63, 3.8) is 0 Å². The second kappa shape index (κ2) is 7.74. The first-order valence-electron chi connectivity index (χ1n) is 10.3. The van der Waals surface area contributed by atoms with Crippen LogP contribution in [0.1, 0.15) is 49.9 Å². The molecule has 1 saturated carbocycles.